The lowest BCUT2D eigenvalue weighted by molar-refractivity contribution is 0.0646. The molecule has 3 rings (SSSR count). The fourth-order valence-corrected chi connectivity index (χ4v) is 3.04. The Morgan fingerprint density at radius 3 is 2.73 bits per heavy atom. The van der Waals surface area contributed by atoms with E-state index in [0.717, 1.165) is 35.8 Å². The highest BCUT2D eigenvalue weighted by atomic mass is 16.5. The molecule has 1 aromatic carbocycles. The van der Waals surface area contributed by atoms with E-state index in [1.54, 1.807) is 24.3 Å². The van der Waals surface area contributed by atoms with Crippen LogP contribution in [-0.2, 0) is 11.8 Å². The molecule has 1 unspecified atom stereocenters. The lowest BCUT2D eigenvalue weighted by atomic mass is 10.1. The number of nitrogens with zero attached hydrogens (tertiary/aromatic N) is 5. The third-order valence-corrected chi connectivity index (χ3v) is 4.71. The van der Waals surface area contributed by atoms with Crippen LogP contribution in [0.3, 0.4) is 0 Å². The lowest BCUT2D eigenvalue weighted by Crippen LogP contribution is -2.40. The Labute approximate surface area is 177 Å². The summed E-state index contributed by atoms with van der Waals surface area (Å²) in [6, 6.07) is 10.3. The van der Waals surface area contributed by atoms with Crippen molar-refractivity contribution in [2.45, 2.75) is 19.4 Å². The first-order valence-electron chi connectivity index (χ1n) is 10.2. The Hall–Kier alpha value is -3.20. The number of hydrogen-bond acceptors (Lipinski definition) is 6. The number of aliphatic imine (C=N–C) groups is 1. The van der Waals surface area contributed by atoms with Crippen LogP contribution in [0, 0.1) is 0 Å². The molecular weight excluding hydrogens is 380 g/mol. The molecule has 0 saturated heterocycles. The number of benzene rings is 1. The summed E-state index contributed by atoms with van der Waals surface area (Å²) in [6.07, 6.45) is 4.31. The van der Waals surface area contributed by atoms with Gasteiger partial charge in [0.2, 0.25) is 0 Å². The monoisotopic (exact) mass is 410 g/mol. The predicted molar refractivity (Wildman–Crippen MR) is 120 cm³/mol. The molecule has 0 radical (unpaired) electrons. The Morgan fingerprint density at radius 1 is 1.13 bits per heavy atom. The van der Waals surface area contributed by atoms with Gasteiger partial charge in [-0.2, -0.15) is 5.10 Å². The number of nitrogens with one attached hydrogen (secondary N) is 3. The highest BCUT2D eigenvalue weighted by Gasteiger charge is 2.07. The summed E-state index contributed by atoms with van der Waals surface area (Å²) in [6.45, 7) is 4.95. The smallest absolute Gasteiger partial charge is 0.191 e. The van der Waals surface area contributed by atoms with E-state index in [2.05, 4.69) is 55.1 Å². The van der Waals surface area contributed by atoms with Gasteiger partial charge in [-0.1, -0.05) is 30.3 Å². The van der Waals surface area contributed by atoms with Crippen LogP contribution in [0.15, 0.2) is 47.8 Å². The van der Waals surface area contributed by atoms with Crippen molar-refractivity contribution in [2.24, 2.45) is 12.0 Å². The number of guanidine groups is 1. The van der Waals surface area contributed by atoms with Crippen molar-refractivity contribution in [3.8, 4) is 0 Å². The Kier molecular flexibility index (Phi) is 7.96. The van der Waals surface area contributed by atoms with Gasteiger partial charge < -0.3 is 20.7 Å². The number of fused-ring (bicyclic) bond motifs is 1. The second-order valence-electron chi connectivity index (χ2n) is 6.86. The topological polar surface area (TPSA) is 101 Å². The van der Waals surface area contributed by atoms with E-state index in [1.165, 1.54) is 5.56 Å². The van der Waals surface area contributed by atoms with Crippen molar-refractivity contribution in [2.75, 3.05) is 38.6 Å². The molecule has 0 aliphatic heterocycles. The van der Waals surface area contributed by atoms with Crippen LogP contribution >= 0.6 is 0 Å². The number of aryl methyl sites for hydroxylation is 1. The number of ether oxygens (including phenoxy) is 1. The van der Waals surface area contributed by atoms with E-state index in [9.17, 15) is 0 Å². The van der Waals surface area contributed by atoms with Crippen molar-refractivity contribution in [3.63, 3.8) is 0 Å². The molecule has 2 aromatic heterocycles. The Balaban J connectivity index is 1.31. The molecule has 0 spiro atoms. The summed E-state index contributed by atoms with van der Waals surface area (Å²) in [5, 5.41) is 15.0. The van der Waals surface area contributed by atoms with Gasteiger partial charge in [0, 0.05) is 40.3 Å². The Morgan fingerprint density at radius 2 is 1.93 bits per heavy atom. The quantitative estimate of drug-likeness (QED) is 0.267. The van der Waals surface area contributed by atoms with Crippen molar-refractivity contribution in [1.82, 2.24) is 30.4 Å². The minimum absolute atomic E-state index is 0.0998. The maximum Gasteiger partial charge on any atom is 0.191 e. The molecule has 3 N–H and O–H groups in total. The van der Waals surface area contributed by atoms with Crippen LogP contribution in [-0.4, -0.2) is 59.0 Å². The highest BCUT2D eigenvalue weighted by molar-refractivity contribution is 5.86. The first-order chi connectivity index (χ1) is 14.7. The van der Waals surface area contributed by atoms with Crippen molar-refractivity contribution >= 4 is 22.8 Å². The minimum atomic E-state index is 0.0998. The second-order valence-corrected chi connectivity index (χ2v) is 6.86. The van der Waals surface area contributed by atoms with Gasteiger partial charge in [-0.3, -0.25) is 9.67 Å². The summed E-state index contributed by atoms with van der Waals surface area (Å²) in [7, 11) is 3.63. The molecule has 1 atom stereocenters. The zero-order valence-corrected chi connectivity index (χ0v) is 17.8. The van der Waals surface area contributed by atoms with Crippen molar-refractivity contribution < 1.29 is 4.74 Å². The molecule has 0 fully saturated rings. The number of hydrogen-bond donors (Lipinski definition) is 3. The zero-order chi connectivity index (χ0) is 21.2. The van der Waals surface area contributed by atoms with Gasteiger partial charge in [-0.15, -0.1) is 0 Å². The molecule has 0 saturated carbocycles. The number of rotatable bonds is 10. The van der Waals surface area contributed by atoms with Crippen LogP contribution in [0.4, 0.5) is 5.82 Å². The van der Waals surface area contributed by atoms with Gasteiger partial charge in [-0.25, -0.2) is 9.97 Å². The van der Waals surface area contributed by atoms with Gasteiger partial charge in [0.1, 0.15) is 12.1 Å². The van der Waals surface area contributed by atoms with Gasteiger partial charge in [0.05, 0.1) is 17.7 Å². The Bertz CT molecular complexity index is 941. The van der Waals surface area contributed by atoms with E-state index >= 15 is 0 Å². The molecule has 0 aliphatic carbocycles. The maximum atomic E-state index is 5.90. The molecule has 30 heavy (non-hydrogen) atoms. The summed E-state index contributed by atoms with van der Waals surface area (Å²) >= 11 is 0. The van der Waals surface area contributed by atoms with Crippen molar-refractivity contribution in [1.29, 1.82) is 0 Å². The van der Waals surface area contributed by atoms with E-state index in [-0.39, 0.29) is 6.10 Å². The SMILES string of the molecule is CN=C(NCCCOC(C)c1ccccc1)NCCNc1ncnc2c1cnn2C. The molecule has 0 aliphatic rings. The molecule has 9 nitrogen and oxygen atoms in total. The molecular formula is C21H30N8O. The third-order valence-electron chi connectivity index (χ3n) is 4.71. The normalized spacial score (nSPS) is 12.7. The summed E-state index contributed by atoms with van der Waals surface area (Å²) < 4.78 is 7.63. The third kappa shape index (κ3) is 5.90. The van der Waals surface area contributed by atoms with E-state index in [1.807, 2.05) is 25.2 Å². The first-order valence-corrected chi connectivity index (χ1v) is 10.2. The first kappa shape index (κ1) is 21.5. The summed E-state index contributed by atoms with van der Waals surface area (Å²) in [5.41, 5.74) is 2.00. The minimum Gasteiger partial charge on any atom is -0.374 e. The molecule has 0 amide bonds. The van der Waals surface area contributed by atoms with E-state index in [0.29, 0.717) is 19.7 Å². The molecule has 2 heterocycles. The van der Waals surface area contributed by atoms with Crippen LogP contribution < -0.4 is 16.0 Å². The van der Waals surface area contributed by atoms with E-state index < -0.39 is 0 Å². The number of aromatic nitrogens is 4. The van der Waals surface area contributed by atoms with Gasteiger partial charge in [0.25, 0.3) is 0 Å². The van der Waals surface area contributed by atoms with Gasteiger partial charge >= 0.3 is 0 Å². The van der Waals surface area contributed by atoms with Crippen LogP contribution in [0.5, 0.6) is 0 Å². The van der Waals surface area contributed by atoms with Gasteiger partial charge in [0.15, 0.2) is 11.6 Å². The lowest BCUT2D eigenvalue weighted by Gasteiger charge is -2.15. The molecule has 160 valence electrons. The maximum absolute atomic E-state index is 5.90. The van der Waals surface area contributed by atoms with Crippen LogP contribution in [0.1, 0.15) is 25.0 Å². The molecule has 3 aromatic rings. The average molecular weight is 411 g/mol. The fourth-order valence-electron chi connectivity index (χ4n) is 3.04. The largest absolute Gasteiger partial charge is 0.374 e. The average Bonchev–Trinajstić information content (AvgIpc) is 3.17. The van der Waals surface area contributed by atoms with E-state index in [4.69, 9.17) is 4.74 Å². The number of anilines is 1. The standard InChI is InChI=1S/C21H30N8O/c1-16(17-8-5-4-6-9-17)30-13-7-10-24-21(22-2)25-12-11-23-19-18-14-28-29(3)20(18)27-15-26-19/h4-6,8-9,14-16H,7,10-13H2,1-3H3,(H2,22,24,25)(H,23,26,27). The summed E-state index contributed by atoms with van der Waals surface area (Å²) in [5.74, 6) is 1.55. The molecule has 0 bridgehead atoms. The summed E-state index contributed by atoms with van der Waals surface area (Å²) in [4.78, 5) is 12.8. The van der Waals surface area contributed by atoms with Crippen LogP contribution in [0.2, 0.25) is 0 Å². The second kappa shape index (κ2) is 11.1. The fraction of sp³-hybridized carbons (Fsp3) is 0.429. The van der Waals surface area contributed by atoms with Gasteiger partial charge in [-0.05, 0) is 18.9 Å². The van der Waals surface area contributed by atoms with Crippen molar-refractivity contribution in [3.05, 3.63) is 48.4 Å². The predicted octanol–water partition coefficient (Wildman–Crippen LogP) is 2.11. The highest BCUT2D eigenvalue weighted by Crippen LogP contribution is 2.17. The molecule has 9 heteroatoms. The van der Waals surface area contributed by atoms with Crippen LogP contribution in [0.25, 0.3) is 11.0 Å². The zero-order valence-electron chi connectivity index (χ0n) is 17.8.